The molecule has 3 saturated carbocycles. The van der Waals surface area contributed by atoms with Crippen LogP contribution < -0.4 is 31.4 Å². The smallest absolute Gasteiger partial charge is 0.333 e. The second-order valence-corrected chi connectivity index (χ2v) is 37.9. The normalized spacial score (nSPS) is 22.4. The SMILES string of the molecule is Cc1sc(C(=O)c2cncnc2N[C@@H]2C[C@H](COS(N)(=O)=O)[C@@H](O)C2)cc1C1=NCCc2ccc(Cl)cc21.Cc1sc(C(=O)c2cncnc2N[C@@H]2C[C@H](COS(N)(=O)=O)[C@@H](O)C2)cc1C1SCc2ccc(Cl)cc21.NS(=O)(=O)OC[C@H]1C[C@@H](Nc2ncncc2C(=O)c2cc(C3OCCc4ccc(Cl)cc43)c(C(F)F)s2)C[C@@H]1O. The average Bonchev–Trinajstić information content (AvgIpc) is 1.69. The van der Waals surface area contributed by atoms with Gasteiger partial charge in [0.15, 0.2) is 0 Å². The van der Waals surface area contributed by atoms with Crippen LogP contribution in [-0.4, -0.2) is 163 Å². The molecule has 0 amide bonds. The molecular weight excluding hydrogens is 1700 g/mol. The van der Waals surface area contributed by atoms with E-state index >= 15 is 0 Å². The number of aliphatic hydroxyl groups excluding tert-OH is 3. The van der Waals surface area contributed by atoms with Crippen LogP contribution in [0.4, 0.5) is 26.2 Å². The number of hydrogen-bond donors (Lipinski definition) is 9. The second-order valence-electron chi connectivity index (χ2n) is 28.2. The average molecular weight is 1770 g/mol. The number of aromatic nitrogens is 6. The molecule has 6 aromatic heterocycles. The van der Waals surface area contributed by atoms with E-state index in [-0.39, 0.29) is 87.9 Å². The summed E-state index contributed by atoms with van der Waals surface area (Å²) < 4.78 is 115. The maximum absolute atomic E-state index is 14.2. The minimum atomic E-state index is -4.16. The Morgan fingerprint density at radius 1 is 0.539 bits per heavy atom. The van der Waals surface area contributed by atoms with Crippen LogP contribution in [0.25, 0.3) is 0 Å². The maximum atomic E-state index is 14.2. The molecule has 12 N–H and O–H groups in total. The number of aryl methyl sites for hydroxylation is 2. The number of thiophene rings is 3. The van der Waals surface area contributed by atoms with Crippen LogP contribution in [0, 0.1) is 31.6 Å². The molecule has 3 aliphatic heterocycles. The Labute approximate surface area is 691 Å². The van der Waals surface area contributed by atoms with E-state index in [1.807, 2.05) is 74.1 Å². The van der Waals surface area contributed by atoms with Crippen LogP contribution in [0.2, 0.25) is 15.1 Å². The van der Waals surface area contributed by atoms with Gasteiger partial charge in [-0.1, -0.05) is 53.0 Å². The lowest BCUT2D eigenvalue weighted by atomic mass is 9.93. The van der Waals surface area contributed by atoms with Gasteiger partial charge >= 0.3 is 30.9 Å². The molecule has 610 valence electrons. The lowest BCUT2D eigenvalue weighted by Gasteiger charge is -2.26. The van der Waals surface area contributed by atoms with E-state index in [2.05, 4.69) is 64.5 Å². The topological polar surface area (TPSA) is 455 Å². The van der Waals surface area contributed by atoms with Gasteiger partial charge in [0.1, 0.15) is 42.5 Å². The zero-order chi connectivity index (χ0) is 81.9. The van der Waals surface area contributed by atoms with E-state index in [0.29, 0.717) is 116 Å². The fourth-order valence-corrected chi connectivity index (χ4v) is 21.0. The zero-order valence-electron chi connectivity index (χ0n) is 61.0. The van der Waals surface area contributed by atoms with Crippen LogP contribution in [0.5, 0.6) is 0 Å². The van der Waals surface area contributed by atoms with Gasteiger partial charge in [0.05, 0.1) is 91.9 Å². The highest BCUT2D eigenvalue weighted by Crippen LogP contribution is 2.50. The largest absolute Gasteiger partial charge is 0.393 e. The number of aliphatic imine (C=N–C) groups is 1. The fraction of sp³-hybridized carbons (Fsp3) is 0.378. The summed E-state index contributed by atoms with van der Waals surface area (Å²) in [6, 6.07) is 21.4. The van der Waals surface area contributed by atoms with Crippen molar-refractivity contribution in [2.75, 3.05) is 48.9 Å². The summed E-state index contributed by atoms with van der Waals surface area (Å²) in [5.74, 6) is -0.584. The Bertz CT molecular complexity index is 5560. The number of alkyl halides is 2. The first kappa shape index (κ1) is 85.5. The minimum Gasteiger partial charge on any atom is -0.393 e. The van der Waals surface area contributed by atoms with Gasteiger partial charge in [-0.25, -0.2) is 54.1 Å². The van der Waals surface area contributed by atoms with Gasteiger partial charge in [-0.05, 0) is 153 Å². The van der Waals surface area contributed by atoms with E-state index < -0.39 is 85.3 Å². The highest BCUT2D eigenvalue weighted by Gasteiger charge is 2.40. The van der Waals surface area contributed by atoms with E-state index in [9.17, 15) is 63.7 Å². The number of nitrogens with one attached hydrogen (secondary N) is 3. The molecule has 9 heterocycles. The molecule has 11 atom stereocenters. The van der Waals surface area contributed by atoms with E-state index in [0.717, 1.165) is 49.9 Å². The van der Waals surface area contributed by atoms with Crippen LogP contribution in [0.3, 0.4) is 0 Å². The number of carbonyl (C=O) groups is 3. The molecule has 6 aliphatic rings. The van der Waals surface area contributed by atoms with Crippen molar-refractivity contribution < 1.29 is 81.0 Å². The monoisotopic (exact) mass is 1770 g/mol. The van der Waals surface area contributed by atoms with Crippen molar-refractivity contribution >= 4 is 152 Å². The van der Waals surface area contributed by atoms with Crippen molar-refractivity contribution in [3.63, 3.8) is 0 Å². The highest BCUT2D eigenvalue weighted by atomic mass is 35.5. The quantitative estimate of drug-likeness (QED) is 0.0240. The van der Waals surface area contributed by atoms with Crippen molar-refractivity contribution in [1.29, 1.82) is 0 Å². The molecule has 0 bridgehead atoms. The maximum Gasteiger partial charge on any atom is 0.333 e. The van der Waals surface area contributed by atoms with Gasteiger partial charge < -0.3 is 36.0 Å². The summed E-state index contributed by atoms with van der Waals surface area (Å²) in [5.41, 5.74) is 9.93. The Balaban J connectivity index is 0.000000150. The summed E-state index contributed by atoms with van der Waals surface area (Å²) >= 11 is 24.0. The van der Waals surface area contributed by atoms with Crippen molar-refractivity contribution in [1.82, 2.24) is 29.9 Å². The van der Waals surface area contributed by atoms with Gasteiger partial charge in [0.2, 0.25) is 17.3 Å². The molecule has 29 nitrogen and oxygen atoms in total. The predicted molar refractivity (Wildman–Crippen MR) is 433 cm³/mol. The molecule has 3 fully saturated rings. The Morgan fingerprint density at radius 2 is 0.974 bits per heavy atom. The lowest BCUT2D eigenvalue weighted by molar-refractivity contribution is 0.0660. The van der Waals surface area contributed by atoms with Crippen molar-refractivity contribution in [2.45, 2.75) is 125 Å². The van der Waals surface area contributed by atoms with Gasteiger partial charge in [0.25, 0.3) is 6.43 Å². The molecule has 0 radical (unpaired) electrons. The third kappa shape index (κ3) is 21.0. The van der Waals surface area contributed by atoms with Gasteiger partial charge in [-0.3, -0.25) is 31.9 Å². The second kappa shape index (κ2) is 36.5. The first-order valence-electron chi connectivity index (χ1n) is 35.8. The molecule has 115 heavy (non-hydrogen) atoms. The van der Waals surface area contributed by atoms with E-state index in [1.165, 1.54) is 83.0 Å². The van der Waals surface area contributed by atoms with Gasteiger partial charge in [0, 0.05) is 108 Å². The van der Waals surface area contributed by atoms with E-state index in [4.69, 9.17) is 59.9 Å². The first-order valence-corrected chi connectivity index (χ1v) is 44.9. The molecule has 15 rings (SSSR count). The Hall–Kier alpha value is -7.39. The highest BCUT2D eigenvalue weighted by molar-refractivity contribution is 7.99. The zero-order valence-corrected chi connectivity index (χ0v) is 69.0. The minimum absolute atomic E-state index is 0.0582. The number of anilines is 3. The number of halogens is 5. The summed E-state index contributed by atoms with van der Waals surface area (Å²) in [6.45, 7) is 4.26. The molecule has 3 aromatic carbocycles. The number of nitrogens with two attached hydrogens (primary N) is 3. The molecule has 3 aliphatic carbocycles. The lowest BCUT2D eigenvalue weighted by Crippen LogP contribution is -2.24. The predicted octanol–water partition coefficient (Wildman–Crippen LogP) is 10.5. The fourth-order valence-electron chi connectivity index (χ4n) is 14.9. The molecular formula is C74H76Cl3F2N13O16S7. The first-order chi connectivity index (χ1) is 54.7. The van der Waals surface area contributed by atoms with E-state index in [1.54, 1.807) is 12.1 Å². The number of hydrogen-bond acceptors (Lipinski definition) is 30. The number of rotatable bonds is 25. The van der Waals surface area contributed by atoms with Crippen molar-refractivity contribution in [2.24, 2.45) is 38.2 Å². The molecule has 0 saturated heterocycles. The van der Waals surface area contributed by atoms with Crippen LogP contribution >= 0.6 is 80.6 Å². The summed E-state index contributed by atoms with van der Waals surface area (Å²) in [4.78, 5) is 73.2. The number of nitrogens with zero attached hydrogens (tertiary/aromatic N) is 7. The third-order valence-corrected chi connectivity index (χ3v) is 27.1. The number of fused-ring (bicyclic) bond motifs is 3. The summed E-state index contributed by atoms with van der Waals surface area (Å²) in [5, 5.41) is 57.2. The molecule has 9 aromatic rings. The van der Waals surface area contributed by atoms with Gasteiger partial charge in [-0.2, -0.15) is 25.3 Å². The van der Waals surface area contributed by atoms with Crippen LogP contribution in [0.15, 0.2) is 115 Å². The number of carbonyl (C=O) groups excluding carboxylic acids is 3. The van der Waals surface area contributed by atoms with Crippen LogP contribution in [-0.2, 0) is 66.8 Å². The van der Waals surface area contributed by atoms with Crippen molar-refractivity contribution in [3.05, 3.63) is 221 Å². The van der Waals surface area contributed by atoms with Crippen molar-refractivity contribution in [3.8, 4) is 0 Å². The number of ether oxygens (including phenoxy) is 1. The molecule has 2 unspecified atom stereocenters. The number of aliphatic hydroxyl groups is 3. The summed E-state index contributed by atoms with van der Waals surface area (Å²) in [6.07, 6.45) is 5.61. The molecule has 0 spiro atoms. The third-order valence-electron chi connectivity index (χ3n) is 20.4. The summed E-state index contributed by atoms with van der Waals surface area (Å²) in [7, 11) is -12.3. The molecule has 41 heteroatoms. The van der Waals surface area contributed by atoms with Gasteiger partial charge in [-0.15, -0.1) is 45.8 Å². The standard InChI is InChI=1S/C25H25ClF2N4O6S2.C25H26ClN5O5S2.C24H25ClN4O5S3/c26-14-2-1-12-3-4-37-22(16(12)6-14)17-8-20(39-23(17)24(27)28)21(34)18-9-30-11-31-25(18)32-15-5-13(19(33)7-15)10-38-40(29,35)36;1-13-18(23-19-7-16(26)3-2-14(19)4-5-29-23)9-22(37-13)24(33)20-10-28-12-30-25(20)31-17-6-15(21(32)8-17)11-36-38(27,34)35;1-12-17(23-18-5-15(25)3-2-13(18)10-35-23)7-21(36-12)22(31)19-8-27-11-28-24(19)29-16-4-14(20(30)6-16)9-34-37(26,32)33/h1-2,6,8-9,11,13,15,19,22,24,33H,3-5,7,10H2,(H2,29,35,36)(H,30,31,32);2-3,7,9-10,12,15,17,21,32H,4-6,8,11H2,1H3,(H2,27,34,35)(H,28,30,31);2-3,5,7-8,11,14,16,20,23,30H,4,6,9-10H2,1H3,(H2,26,32,33)(H,27,28,29)/t13-,15-,19+,22?;15-,17-,21+;14-,16-,20+,23?/m111/s1. The number of thioether (sulfide) groups is 1. The number of benzene rings is 3. The number of ketones is 3. The Kier molecular flexibility index (Phi) is 27.1. The Morgan fingerprint density at radius 3 is 1.46 bits per heavy atom. The van der Waals surface area contributed by atoms with Crippen LogP contribution in [0.1, 0.15) is 167 Å².